The Morgan fingerprint density at radius 3 is 2.23 bits per heavy atom. The van der Waals surface area contributed by atoms with Crippen molar-refractivity contribution in [1.29, 1.82) is 0 Å². The van der Waals surface area contributed by atoms with Crippen LogP contribution in [-0.2, 0) is 10.0 Å². The molecule has 7 heteroatoms. The zero-order valence-corrected chi connectivity index (χ0v) is 17.3. The highest BCUT2D eigenvalue weighted by Gasteiger charge is 2.23. The fourth-order valence-corrected chi connectivity index (χ4v) is 4.71. The van der Waals surface area contributed by atoms with Crippen molar-refractivity contribution in [1.82, 2.24) is 9.21 Å². The first kappa shape index (κ1) is 20.7. The smallest absolute Gasteiger partial charge is 0.243 e. The molecule has 0 N–H and O–H groups in total. The molecule has 0 atom stereocenters. The summed E-state index contributed by atoms with van der Waals surface area (Å²) in [6.45, 7) is 6.63. The summed E-state index contributed by atoms with van der Waals surface area (Å²) >= 11 is 0. The summed E-state index contributed by atoms with van der Waals surface area (Å²) in [5.74, 6) is 0. The molecule has 1 aromatic carbocycles. The second-order valence-electron chi connectivity index (χ2n) is 6.85. The molecule has 0 radical (unpaired) electrons. The third kappa shape index (κ3) is 4.98. The van der Waals surface area contributed by atoms with Crippen molar-refractivity contribution in [2.75, 3.05) is 45.2 Å². The minimum absolute atomic E-state index is 0.311. The van der Waals surface area contributed by atoms with Crippen LogP contribution in [0, 0.1) is 0 Å². The van der Waals surface area contributed by atoms with Gasteiger partial charge in [0.15, 0.2) is 0 Å². The molecular formula is C19H32N4O2S. The summed E-state index contributed by atoms with van der Waals surface area (Å²) in [4.78, 5) is 9.08. The molecule has 0 spiro atoms. The predicted molar refractivity (Wildman–Crippen MR) is 109 cm³/mol. The predicted octanol–water partition coefficient (Wildman–Crippen LogP) is 3.32. The second kappa shape index (κ2) is 9.37. The van der Waals surface area contributed by atoms with Crippen molar-refractivity contribution in [2.24, 2.45) is 4.99 Å². The fraction of sp³-hybridized carbons (Fsp3) is 0.632. The number of hydrogen-bond donors (Lipinski definition) is 0. The standard InChI is InChI=1S/C19H32N4O2S/c1-5-23(6-2)26(24,25)17-11-12-19(18(15-17)20-16-21(3)4)22-13-9-7-8-10-14-22/h11-12,15-16H,5-10,13-14H2,1-4H3. The van der Waals surface area contributed by atoms with E-state index in [-0.39, 0.29) is 0 Å². The molecule has 6 nitrogen and oxygen atoms in total. The third-order valence-corrected chi connectivity index (χ3v) is 6.71. The first-order valence-electron chi connectivity index (χ1n) is 9.50. The number of aliphatic imine (C=N–C) groups is 1. The van der Waals surface area contributed by atoms with Gasteiger partial charge in [0.1, 0.15) is 0 Å². The molecule has 0 amide bonds. The number of benzene rings is 1. The average molecular weight is 381 g/mol. The highest BCUT2D eigenvalue weighted by Crippen LogP contribution is 2.33. The van der Waals surface area contributed by atoms with E-state index in [0.717, 1.165) is 31.6 Å². The van der Waals surface area contributed by atoms with Crippen LogP contribution in [0.4, 0.5) is 11.4 Å². The third-order valence-electron chi connectivity index (χ3n) is 4.66. The summed E-state index contributed by atoms with van der Waals surface area (Å²) < 4.78 is 27.2. The van der Waals surface area contributed by atoms with Gasteiger partial charge < -0.3 is 9.80 Å². The van der Waals surface area contributed by atoms with Crippen LogP contribution in [0.2, 0.25) is 0 Å². The molecule has 146 valence electrons. The molecule has 1 saturated heterocycles. The van der Waals surface area contributed by atoms with Crippen LogP contribution in [0.5, 0.6) is 0 Å². The Balaban J connectivity index is 2.46. The first-order chi connectivity index (χ1) is 12.4. The van der Waals surface area contributed by atoms with Crippen LogP contribution in [0.3, 0.4) is 0 Å². The highest BCUT2D eigenvalue weighted by atomic mass is 32.2. The van der Waals surface area contributed by atoms with Gasteiger partial charge in [0.2, 0.25) is 10.0 Å². The summed E-state index contributed by atoms with van der Waals surface area (Å²) in [5.41, 5.74) is 1.73. The largest absolute Gasteiger partial charge is 0.370 e. The van der Waals surface area contributed by atoms with E-state index in [2.05, 4.69) is 9.89 Å². The Labute approximate surface area is 158 Å². The number of rotatable bonds is 7. The molecule has 0 aromatic heterocycles. The van der Waals surface area contributed by atoms with E-state index < -0.39 is 10.0 Å². The maximum Gasteiger partial charge on any atom is 0.243 e. The van der Waals surface area contributed by atoms with Crippen LogP contribution in [-0.4, -0.2) is 64.2 Å². The maximum atomic E-state index is 12.9. The summed E-state index contributed by atoms with van der Waals surface area (Å²) in [5, 5.41) is 0. The van der Waals surface area contributed by atoms with E-state index in [4.69, 9.17) is 0 Å². The van der Waals surface area contributed by atoms with Crippen LogP contribution in [0.1, 0.15) is 39.5 Å². The van der Waals surface area contributed by atoms with E-state index in [1.807, 2.05) is 38.9 Å². The molecule has 2 rings (SSSR count). The van der Waals surface area contributed by atoms with Crippen molar-refractivity contribution in [3.8, 4) is 0 Å². The van der Waals surface area contributed by atoms with E-state index in [0.29, 0.717) is 23.7 Å². The molecule has 0 bridgehead atoms. The summed E-state index contributed by atoms with van der Waals surface area (Å²) in [6, 6.07) is 5.36. The van der Waals surface area contributed by atoms with Crippen LogP contribution in [0.15, 0.2) is 28.1 Å². The fourth-order valence-electron chi connectivity index (χ4n) is 3.24. The second-order valence-corrected chi connectivity index (χ2v) is 8.79. The lowest BCUT2D eigenvalue weighted by Gasteiger charge is -2.25. The highest BCUT2D eigenvalue weighted by molar-refractivity contribution is 7.89. The topological polar surface area (TPSA) is 56.2 Å². The molecule has 0 saturated carbocycles. The van der Waals surface area contributed by atoms with E-state index >= 15 is 0 Å². The SMILES string of the molecule is CCN(CC)S(=O)(=O)c1ccc(N2CCCCCC2)c(N=CN(C)C)c1. The minimum atomic E-state index is -3.49. The summed E-state index contributed by atoms with van der Waals surface area (Å²) in [7, 11) is 0.327. The minimum Gasteiger partial charge on any atom is -0.370 e. The Hall–Kier alpha value is -1.60. The molecule has 26 heavy (non-hydrogen) atoms. The summed E-state index contributed by atoms with van der Waals surface area (Å²) in [6.07, 6.45) is 6.56. The van der Waals surface area contributed by atoms with Gasteiger partial charge in [-0.1, -0.05) is 26.7 Å². The lowest BCUT2D eigenvalue weighted by molar-refractivity contribution is 0.445. The van der Waals surface area contributed by atoms with Gasteiger partial charge in [-0.2, -0.15) is 4.31 Å². The van der Waals surface area contributed by atoms with Crippen LogP contribution in [0.25, 0.3) is 0 Å². The number of anilines is 1. The Morgan fingerprint density at radius 1 is 1.08 bits per heavy atom. The molecule has 1 aliphatic heterocycles. The van der Waals surface area contributed by atoms with Crippen molar-refractivity contribution in [2.45, 2.75) is 44.4 Å². The van der Waals surface area contributed by atoms with E-state index in [1.165, 1.54) is 17.1 Å². The molecule has 1 fully saturated rings. The van der Waals surface area contributed by atoms with Gasteiger partial charge in [0.25, 0.3) is 0 Å². The van der Waals surface area contributed by atoms with Crippen molar-refractivity contribution < 1.29 is 8.42 Å². The molecule has 1 aliphatic rings. The van der Waals surface area contributed by atoms with Gasteiger partial charge in [-0.25, -0.2) is 13.4 Å². The molecule has 0 aliphatic carbocycles. The maximum absolute atomic E-state index is 12.9. The van der Waals surface area contributed by atoms with Crippen molar-refractivity contribution in [3.05, 3.63) is 18.2 Å². The molecular weight excluding hydrogens is 348 g/mol. The normalized spacial score (nSPS) is 16.3. The average Bonchev–Trinajstić information content (AvgIpc) is 2.89. The van der Waals surface area contributed by atoms with Crippen molar-refractivity contribution >= 4 is 27.7 Å². The van der Waals surface area contributed by atoms with Crippen molar-refractivity contribution in [3.63, 3.8) is 0 Å². The van der Waals surface area contributed by atoms with Gasteiger partial charge in [-0.3, -0.25) is 0 Å². The number of sulfonamides is 1. The monoisotopic (exact) mass is 380 g/mol. The van der Waals surface area contributed by atoms with Gasteiger partial charge >= 0.3 is 0 Å². The Bertz CT molecular complexity index is 704. The zero-order valence-electron chi connectivity index (χ0n) is 16.5. The lowest BCUT2D eigenvalue weighted by atomic mass is 10.2. The first-order valence-corrected chi connectivity index (χ1v) is 10.9. The van der Waals surface area contributed by atoms with Crippen LogP contribution < -0.4 is 4.90 Å². The number of hydrogen-bond acceptors (Lipinski definition) is 4. The number of nitrogens with zero attached hydrogens (tertiary/aromatic N) is 4. The van der Waals surface area contributed by atoms with E-state index in [9.17, 15) is 8.42 Å². The van der Waals surface area contributed by atoms with Gasteiger partial charge in [0, 0.05) is 40.3 Å². The Morgan fingerprint density at radius 2 is 1.69 bits per heavy atom. The quantitative estimate of drug-likeness (QED) is 0.538. The molecule has 1 heterocycles. The van der Waals surface area contributed by atoms with Gasteiger partial charge in [0.05, 0.1) is 22.6 Å². The molecule has 1 aromatic rings. The Kier molecular flexibility index (Phi) is 7.46. The van der Waals surface area contributed by atoms with Crippen LogP contribution >= 0.6 is 0 Å². The van der Waals surface area contributed by atoms with Gasteiger partial charge in [-0.05, 0) is 31.0 Å². The lowest BCUT2D eigenvalue weighted by Crippen LogP contribution is -2.30. The molecule has 0 unspecified atom stereocenters. The zero-order chi connectivity index (χ0) is 19.2. The van der Waals surface area contributed by atoms with E-state index in [1.54, 1.807) is 18.5 Å². The van der Waals surface area contributed by atoms with Gasteiger partial charge in [-0.15, -0.1) is 0 Å².